The van der Waals surface area contributed by atoms with E-state index in [0.717, 1.165) is 98.2 Å². The van der Waals surface area contributed by atoms with Gasteiger partial charge in [-0.25, -0.2) is 4.98 Å². The number of amides is 3. The average Bonchev–Trinajstić information content (AvgIpc) is 4.01. The standard InChI is InChI=1S/C58H74N6O7S/c1-6-7-31-70-48-22-24-50-45(34-48)19-23-49(42-11-9-8-10-12-42)53(50)43-17-20-47(21-18-43)71-33-30-63-27-25-62(26-28-63)29-32-69-38-52(66)61-55(58(3,4)5)57(68)64-37-46(65)35-51(64)56(67)59-36-41-13-15-44(16-14-41)54-40(2)60-39-72-54/h8-18,20-22,24,34,39,46,49,51,53,55,65H,6-7,19,23,25-33,35-38H2,1-5H3,(H,59,67)(H,61,66)/t46-,49-,51+,53+,55-/m1/s1. The maximum atomic E-state index is 14.1. The minimum absolute atomic E-state index is 0.0107. The molecule has 4 aromatic carbocycles. The van der Waals surface area contributed by atoms with E-state index >= 15 is 0 Å². The zero-order valence-electron chi connectivity index (χ0n) is 42.8. The summed E-state index contributed by atoms with van der Waals surface area (Å²) >= 11 is 1.58. The van der Waals surface area contributed by atoms with Gasteiger partial charge in [0.25, 0.3) is 0 Å². The van der Waals surface area contributed by atoms with E-state index in [0.29, 0.717) is 25.7 Å². The molecule has 2 saturated heterocycles. The van der Waals surface area contributed by atoms with E-state index < -0.39 is 35.4 Å². The summed E-state index contributed by atoms with van der Waals surface area (Å²) in [6.45, 7) is 16.7. The number of aryl methyl sites for hydroxylation is 2. The highest BCUT2D eigenvalue weighted by Crippen LogP contribution is 2.47. The molecule has 0 spiro atoms. The molecule has 3 N–H and O–H groups in total. The Morgan fingerprint density at radius 1 is 0.847 bits per heavy atom. The van der Waals surface area contributed by atoms with Crippen molar-refractivity contribution in [3.05, 3.63) is 136 Å². The van der Waals surface area contributed by atoms with Crippen molar-refractivity contribution in [3.63, 3.8) is 0 Å². The van der Waals surface area contributed by atoms with Crippen LogP contribution in [-0.2, 0) is 32.1 Å². The van der Waals surface area contributed by atoms with Crippen LogP contribution in [0.3, 0.4) is 0 Å². The first-order valence-electron chi connectivity index (χ1n) is 26.0. The molecule has 1 aromatic heterocycles. The number of carbonyl (C=O) groups excluding carboxylic acids is 3. The quantitative estimate of drug-likeness (QED) is 0.0619. The Bertz CT molecular complexity index is 2540. The van der Waals surface area contributed by atoms with Crippen LogP contribution in [0.25, 0.3) is 10.4 Å². The largest absolute Gasteiger partial charge is 0.494 e. The lowest BCUT2D eigenvalue weighted by molar-refractivity contribution is -0.144. The van der Waals surface area contributed by atoms with Crippen LogP contribution in [0, 0.1) is 12.3 Å². The number of hydrogen-bond acceptors (Lipinski definition) is 11. The number of aromatic nitrogens is 1. The fourth-order valence-electron chi connectivity index (χ4n) is 10.3. The van der Waals surface area contributed by atoms with Gasteiger partial charge in [-0.2, -0.15) is 0 Å². The van der Waals surface area contributed by atoms with Gasteiger partial charge in [0.2, 0.25) is 17.7 Å². The zero-order chi connectivity index (χ0) is 50.6. The van der Waals surface area contributed by atoms with E-state index in [4.69, 9.17) is 14.2 Å². The van der Waals surface area contributed by atoms with Crippen LogP contribution < -0.4 is 20.1 Å². The third kappa shape index (κ3) is 13.7. The maximum Gasteiger partial charge on any atom is 0.246 e. The number of thiazole rings is 1. The Labute approximate surface area is 430 Å². The molecule has 0 radical (unpaired) electrons. The fourth-order valence-corrected chi connectivity index (χ4v) is 11.1. The van der Waals surface area contributed by atoms with Crippen molar-refractivity contribution in [1.82, 2.24) is 30.3 Å². The summed E-state index contributed by atoms with van der Waals surface area (Å²) in [5.74, 6) is 1.33. The van der Waals surface area contributed by atoms with Gasteiger partial charge in [0, 0.05) is 64.7 Å². The van der Waals surface area contributed by atoms with Gasteiger partial charge in [0.15, 0.2) is 0 Å². The van der Waals surface area contributed by atoms with Crippen molar-refractivity contribution < 1.29 is 33.7 Å². The summed E-state index contributed by atoms with van der Waals surface area (Å²) in [7, 11) is 0. The lowest BCUT2D eigenvalue weighted by Gasteiger charge is -2.35. The molecule has 3 aliphatic rings. The minimum atomic E-state index is -0.925. The van der Waals surface area contributed by atoms with Crippen LogP contribution in [0.1, 0.15) is 98.7 Å². The molecule has 14 heteroatoms. The Hall–Kier alpha value is -5.64. The summed E-state index contributed by atoms with van der Waals surface area (Å²) in [5.41, 5.74) is 9.55. The van der Waals surface area contributed by atoms with Crippen LogP contribution >= 0.6 is 11.3 Å². The summed E-state index contributed by atoms with van der Waals surface area (Å²) in [6, 6.07) is 32.5. The van der Waals surface area contributed by atoms with Gasteiger partial charge >= 0.3 is 0 Å². The Morgan fingerprint density at radius 2 is 1.54 bits per heavy atom. The number of carbonyl (C=O) groups is 3. The Morgan fingerprint density at radius 3 is 2.22 bits per heavy atom. The molecule has 3 amide bonds. The van der Waals surface area contributed by atoms with E-state index in [-0.39, 0.29) is 37.9 Å². The topological polar surface area (TPSA) is 146 Å². The number of β-amino-alcohol motifs (C(OH)–C–C–N with tert-alkyl or cyclic N) is 1. The van der Waals surface area contributed by atoms with Gasteiger partial charge in [-0.1, -0.05) is 107 Å². The van der Waals surface area contributed by atoms with E-state index in [1.807, 2.05) is 57.5 Å². The molecule has 5 aromatic rings. The predicted molar refractivity (Wildman–Crippen MR) is 283 cm³/mol. The number of hydrogen-bond donors (Lipinski definition) is 3. The number of ether oxygens (including phenoxy) is 3. The summed E-state index contributed by atoms with van der Waals surface area (Å²) < 4.78 is 18.2. The van der Waals surface area contributed by atoms with Gasteiger partial charge in [0.1, 0.15) is 36.8 Å². The first-order chi connectivity index (χ1) is 34.8. The highest BCUT2D eigenvalue weighted by molar-refractivity contribution is 7.13. The molecule has 2 aliphatic heterocycles. The van der Waals surface area contributed by atoms with Gasteiger partial charge < -0.3 is 34.9 Å². The predicted octanol–water partition coefficient (Wildman–Crippen LogP) is 7.98. The number of fused-ring (bicyclic) bond motifs is 1. The summed E-state index contributed by atoms with van der Waals surface area (Å²) in [4.78, 5) is 52.4. The van der Waals surface area contributed by atoms with Gasteiger partial charge in [-0.3, -0.25) is 24.2 Å². The molecule has 384 valence electrons. The molecule has 5 atom stereocenters. The van der Waals surface area contributed by atoms with Gasteiger partial charge in [0.05, 0.1) is 35.4 Å². The van der Waals surface area contributed by atoms with Crippen molar-refractivity contribution >= 4 is 29.1 Å². The van der Waals surface area contributed by atoms with Crippen molar-refractivity contribution in [3.8, 4) is 21.9 Å². The number of piperazine rings is 1. The number of aliphatic hydroxyl groups is 1. The van der Waals surface area contributed by atoms with Crippen molar-refractivity contribution in [2.75, 3.05) is 72.2 Å². The third-order valence-corrected chi connectivity index (χ3v) is 15.4. The molecular weight excluding hydrogens is 925 g/mol. The molecule has 72 heavy (non-hydrogen) atoms. The van der Waals surface area contributed by atoms with Crippen LogP contribution in [0.5, 0.6) is 11.5 Å². The number of benzene rings is 4. The SMILES string of the molecule is CCCCOc1ccc2c(c1)CC[C@H](c1ccccc1)[C@@H]2c1ccc(OCCN2CCN(CCOCC(=O)N[C@H](C(=O)N3C[C@H](O)C[C@H]3C(=O)NCc3ccc(-c4scnc4C)cc3)C(C)(C)C)CC2)cc1. The molecule has 0 unspecified atom stereocenters. The number of unbranched alkanes of at least 4 members (excludes halogenated alkanes) is 1. The highest BCUT2D eigenvalue weighted by Gasteiger charge is 2.44. The Balaban J connectivity index is 0.745. The second-order valence-corrected chi connectivity index (χ2v) is 21.5. The van der Waals surface area contributed by atoms with Crippen LogP contribution in [0.2, 0.25) is 0 Å². The lowest BCUT2D eigenvalue weighted by atomic mass is 9.69. The molecule has 2 fully saturated rings. The number of nitrogens with zero attached hydrogens (tertiary/aromatic N) is 4. The first kappa shape index (κ1) is 52.7. The Kier molecular flexibility index (Phi) is 18.2. The molecule has 0 saturated carbocycles. The monoisotopic (exact) mass is 999 g/mol. The second kappa shape index (κ2) is 24.9. The van der Waals surface area contributed by atoms with E-state index in [2.05, 4.69) is 105 Å². The normalized spacial score (nSPS) is 19.9. The minimum Gasteiger partial charge on any atom is -0.494 e. The van der Waals surface area contributed by atoms with Crippen molar-refractivity contribution in [2.24, 2.45) is 5.41 Å². The molecular formula is C58H74N6O7S. The zero-order valence-corrected chi connectivity index (χ0v) is 43.6. The third-order valence-electron chi connectivity index (χ3n) is 14.4. The lowest BCUT2D eigenvalue weighted by Crippen LogP contribution is -2.58. The van der Waals surface area contributed by atoms with Crippen LogP contribution in [-0.4, -0.2) is 133 Å². The number of aliphatic hydroxyl groups excluding tert-OH is 1. The van der Waals surface area contributed by atoms with Gasteiger partial charge in [-0.15, -0.1) is 11.3 Å². The van der Waals surface area contributed by atoms with Crippen molar-refractivity contribution in [1.29, 1.82) is 0 Å². The summed E-state index contributed by atoms with van der Waals surface area (Å²) in [6.07, 6.45) is 3.57. The number of likely N-dealkylation sites (tertiary alicyclic amines) is 1. The molecule has 13 nitrogen and oxygen atoms in total. The van der Waals surface area contributed by atoms with Crippen molar-refractivity contribution in [2.45, 2.75) is 103 Å². The van der Waals surface area contributed by atoms with E-state index in [1.165, 1.54) is 27.2 Å². The van der Waals surface area contributed by atoms with E-state index in [9.17, 15) is 19.5 Å². The molecule has 8 rings (SSSR count). The smallest absolute Gasteiger partial charge is 0.246 e. The molecule has 1 aliphatic carbocycles. The van der Waals surface area contributed by atoms with E-state index in [1.54, 1.807) is 11.3 Å². The molecule has 0 bridgehead atoms. The first-order valence-corrected chi connectivity index (χ1v) is 26.8. The fraction of sp³-hybridized carbons (Fsp3) is 0.483. The average molecular weight is 999 g/mol. The second-order valence-electron chi connectivity index (χ2n) is 20.7. The molecule has 3 heterocycles. The van der Waals surface area contributed by atoms with Gasteiger partial charge in [-0.05, 0) is 95.2 Å². The maximum absolute atomic E-state index is 14.1. The van der Waals surface area contributed by atoms with Crippen LogP contribution in [0.4, 0.5) is 0 Å². The number of nitrogens with one attached hydrogen (secondary N) is 2. The summed E-state index contributed by atoms with van der Waals surface area (Å²) in [5, 5.41) is 16.5. The number of rotatable bonds is 21. The van der Waals surface area contributed by atoms with Crippen LogP contribution in [0.15, 0.2) is 103 Å². The highest BCUT2D eigenvalue weighted by atomic mass is 32.1.